The van der Waals surface area contributed by atoms with Crippen molar-refractivity contribution in [1.82, 2.24) is 0 Å². The van der Waals surface area contributed by atoms with Gasteiger partial charge < -0.3 is 14.2 Å². The van der Waals surface area contributed by atoms with Gasteiger partial charge in [-0.1, -0.05) is 328 Å². The number of carbonyl (C=O) groups excluding carboxylic acids is 3. The molecule has 0 rings (SSSR count). The molecule has 1 unspecified atom stereocenters. The highest BCUT2D eigenvalue weighted by Gasteiger charge is 2.19. The first kappa shape index (κ1) is 77.8. The Morgan fingerprint density at radius 2 is 0.500 bits per heavy atom. The Morgan fingerprint density at radius 1 is 0.256 bits per heavy atom. The van der Waals surface area contributed by atoms with Crippen molar-refractivity contribution in [3.05, 3.63) is 122 Å². The normalized spacial score (nSPS) is 12.9. The molecule has 0 aromatic rings. The second-order valence-electron chi connectivity index (χ2n) is 22.7. The maximum absolute atomic E-state index is 12.9. The summed E-state index contributed by atoms with van der Waals surface area (Å²) >= 11 is 0. The molecule has 468 valence electrons. The number of esters is 3. The third-order valence-corrected chi connectivity index (χ3v) is 14.7. The van der Waals surface area contributed by atoms with Crippen LogP contribution in [0.5, 0.6) is 0 Å². The lowest BCUT2D eigenvalue weighted by molar-refractivity contribution is -0.166. The maximum Gasteiger partial charge on any atom is 0.306 e. The van der Waals surface area contributed by atoms with Crippen molar-refractivity contribution >= 4 is 17.9 Å². The summed E-state index contributed by atoms with van der Waals surface area (Å²) in [5, 5.41) is 0. The lowest BCUT2D eigenvalue weighted by Gasteiger charge is -2.18. The van der Waals surface area contributed by atoms with Gasteiger partial charge in [-0.15, -0.1) is 0 Å². The van der Waals surface area contributed by atoms with Gasteiger partial charge in [0.2, 0.25) is 0 Å². The first-order valence-electron chi connectivity index (χ1n) is 34.5. The van der Waals surface area contributed by atoms with Crippen LogP contribution in [-0.4, -0.2) is 37.2 Å². The molecule has 0 aromatic heterocycles. The van der Waals surface area contributed by atoms with Crippen LogP contribution in [0.1, 0.15) is 323 Å². The first-order chi connectivity index (χ1) is 40.5. The molecule has 0 aliphatic heterocycles. The van der Waals surface area contributed by atoms with Crippen LogP contribution < -0.4 is 0 Å². The van der Waals surface area contributed by atoms with E-state index in [2.05, 4.69) is 136 Å². The zero-order valence-corrected chi connectivity index (χ0v) is 53.7. The Labute approximate surface area is 507 Å². The van der Waals surface area contributed by atoms with Crippen molar-refractivity contribution in [3.8, 4) is 0 Å². The molecule has 0 bridgehead atoms. The van der Waals surface area contributed by atoms with Gasteiger partial charge in [0.05, 0.1) is 0 Å². The highest BCUT2D eigenvalue weighted by Crippen LogP contribution is 2.17. The van der Waals surface area contributed by atoms with E-state index in [-0.39, 0.29) is 37.5 Å². The summed E-state index contributed by atoms with van der Waals surface area (Å²) in [7, 11) is 0. The van der Waals surface area contributed by atoms with Crippen LogP contribution in [-0.2, 0) is 28.6 Å². The van der Waals surface area contributed by atoms with E-state index in [1.807, 2.05) is 6.08 Å². The summed E-state index contributed by atoms with van der Waals surface area (Å²) in [5.41, 5.74) is 0. The molecule has 82 heavy (non-hydrogen) atoms. The number of hydrogen-bond donors (Lipinski definition) is 0. The van der Waals surface area contributed by atoms with Crippen molar-refractivity contribution in [1.29, 1.82) is 0 Å². The van der Waals surface area contributed by atoms with E-state index < -0.39 is 6.10 Å². The summed E-state index contributed by atoms with van der Waals surface area (Å²) in [5.74, 6) is -0.986. The number of carbonyl (C=O) groups is 3. The van der Waals surface area contributed by atoms with E-state index in [0.29, 0.717) is 19.3 Å². The standard InChI is InChI=1S/C76H128O6/c1-4-7-10-13-16-19-22-25-27-29-31-33-35-37-38-39-41-42-44-46-48-51-54-57-60-63-66-69-75(78)81-72-73(71-80-74(77)68-65-62-59-56-53-50-24-21-18-15-12-9-6-3)82-76(79)70-67-64-61-58-55-52-49-47-45-43-40-36-34-32-30-28-26-23-20-17-14-11-8-5-2/h7,9-10,12,16,18-19,21,25,27,31,33,37-38,41-42,50,53,59,62,73H,4-6,8,11,13-15,17,20,22-24,26,28-30,32,34-36,39-40,43-49,51-52,54-58,60-61,63-72H2,1-3H3/b10-7-,12-9-,19-16-,21-18-,27-25-,33-31-,38-37-,42-41-,53-50-,62-59-. The average Bonchev–Trinajstić information content (AvgIpc) is 3.47. The third-order valence-electron chi connectivity index (χ3n) is 14.7. The van der Waals surface area contributed by atoms with Gasteiger partial charge >= 0.3 is 17.9 Å². The molecular formula is C76H128O6. The molecule has 0 aromatic carbocycles. The fourth-order valence-corrected chi connectivity index (χ4v) is 9.64. The fourth-order valence-electron chi connectivity index (χ4n) is 9.64. The number of rotatable bonds is 62. The Hall–Kier alpha value is -4.19. The minimum atomic E-state index is -0.813. The van der Waals surface area contributed by atoms with Gasteiger partial charge in [0, 0.05) is 19.3 Å². The van der Waals surface area contributed by atoms with Crippen LogP contribution in [0.2, 0.25) is 0 Å². The van der Waals surface area contributed by atoms with Gasteiger partial charge in [-0.05, 0) is 96.3 Å². The molecule has 0 heterocycles. The Kier molecular flexibility index (Phi) is 65.8. The van der Waals surface area contributed by atoms with Gasteiger partial charge in [0.25, 0.3) is 0 Å². The fraction of sp³-hybridized carbons (Fsp3) is 0.697. The van der Waals surface area contributed by atoms with Gasteiger partial charge in [0.1, 0.15) is 13.2 Å². The van der Waals surface area contributed by atoms with Crippen molar-refractivity contribution in [3.63, 3.8) is 0 Å². The lowest BCUT2D eigenvalue weighted by Crippen LogP contribution is -2.30. The van der Waals surface area contributed by atoms with Crippen molar-refractivity contribution in [2.24, 2.45) is 0 Å². The molecule has 0 aliphatic rings. The van der Waals surface area contributed by atoms with E-state index in [0.717, 1.165) is 109 Å². The van der Waals surface area contributed by atoms with Gasteiger partial charge in [-0.2, -0.15) is 0 Å². The first-order valence-corrected chi connectivity index (χ1v) is 34.5. The molecule has 1 atom stereocenters. The van der Waals surface area contributed by atoms with E-state index in [4.69, 9.17) is 14.2 Å². The van der Waals surface area contributed by atoms with Crippen LogP contribution in [0.15, 0.2) is 122 Å². The SMILES string of the molecule is CC/C=C\C/C=C\C/C=C\C/C=C\C/C=C\C/C=C\CCCCCCCCCCC(=O)OCC(COC(=O)CC/C=C\C/C=C\C/C=C\C/C=C\CC)OC(=O)CCCCCCCCCCCCCCCCCCCCCCCCCC. The monoisotopic (exact) mass is 1140 g/mol. The van der Waals surface area contributed by atoms with Crippen LogP contribution in [0.25, 0.3) is 0 Å². The predicted molar refractivity (Wildman–Crippen MR) is 357 cm³/mol. The zero-order chi connectivity index (χ0) is 59.2. The molecule has 0 saturated carbocycles. The molecule has 6 nitrogen and oxygen atoms in total. The van der Waals surface area contributed by atoms with Crippen molar-refractivity contribution in [2.75, 3.05) is 13.2 Å². The maximum atomic E-state index is 12.9. The lowest BCUT2D eigenvalue weighted by atomic mass is 10.0. The van der Waals surface area contributed by atoms with Crippen molar-refractivity contribution < 1.29 is 28.6 Å². The zero-order valence-electron chi connectivity index (χ0n) is 53.7. The summed E-state index contributed by atoms with van der Waals surface area (Å²) < 4.78 is 16.9. The summed E-state index contributed by atoms with van der Waals surface area (Å²) in [6.07, 6.45) is 96.7. The Bertz CT molecular complexity index is 1690. The van der Waals surface area contributed by atoms with E-state index in [1.165, 1.54) is 167 Å². The molecule has 0 radical (unpaired) electrons. The van der Waals surface area contributed by atoms with E-state index in [9.17, 15) is 14.4 Å². The number of unbranched alkanes of at least 4 members (excludes halogenated alkanes) is 31. The molecule has 0 N–H and O–H groups in total. The van der Waals surface area contributed by atoms with Gasteiger partial charge in [-0.25, -0.2) is 0 Å². The van der Waals surface area contributed by atoms with Crippen LogP contribution >= 0.6 is 0 Å². The van der Waals surface area contributed by atoms with Gasteiger partial charge in [0.15, 0.2) is 6.10 Å². The number of allylic oxidation sites excluding steroid dienone is 20. The van der Waals surface area contributed by atoms with E-state index in [1.54, 1.807) is 0 Å². The molecule has 0 saturated heterocycles. The highest BCUT2D eigenvalue weighted by molar-refractivity contribution is 5.71. The average molecular weight is 1140 g/mol. The third kappa shape index (κ3) is 66.6. The summed E-state index contributed by atoms with van der Waals surface area (Å²) in [6.45, 7) is 6.37. The molecule has 0 amide bonds. The Morgan fingerprint density at radius 3 is 0.817 bits per heavy atom. The largest absolute Gasteiger partial charge is 0.462 e. The minimum Gasteiger partial charge on any atom is -0.462 e. The smallest absolute Gasteiger partial charge is 0.306 e. The van der Waals surface area contributed by atoms with E-state index >= 15 is 0 Å². The topological polar surface area (TPSA) is 78.9 Å². The predicted octanol–water partition coefficient (Wildman–Crippen LogP) is 23.9. The number of hydrogen-bond acceptors (Lipinski definition) is 6. The second-order valence-corrected chi connectivity index (χ2v) is 22.7. The van der Waals surface area contributed by atoms with Crippen LogP contribution in [0, 0.1) is 0 Å². The second kappa shape index (κ2) is 69.3. The minimum absolute atomic E-state index is 0.104. The quantitative estimate of drug-likeness (QED) is 0.0261. The highest BCUT2D eigenvalue weighted by atomic mass is 16.6. The Balaban J connectivity index is 4.34. The molecule has 6 heteroatoms. The molecule has 0 spiro atoms. The number of ether oxygens (including phenoxy) is 3. The molecular weight excluding hydrogens is 1010 g/mol. The van der Waals surface area contributed by atoms with Crippen LogP contribution in [0.4, 0.5) is 0 Å². The van der Waals surface area contributed by atoms with Gasteiger partial charge in [-0.3, -0.25) is 14.4 Å². The summed E-state index contributed by atoms with van der Waals surface area (Å²) in [4.78, 5) is 38.4. The molecule has 0 aliphatic carbocycles. The van der Waals surface area contributed by atoms with Crippen LogP contribution in [0.3, 0.4) is 0 Å². The molecule has 0 fully saturated rings. The van der Waals surface area contributed by atoms with Crippen molar-refractivity contribution in [2.45, 2.75) is 329 Å². The summed E-state index contributed by atoms with van der Waals surface area (Å²) in [6, 6.07) is 0.